The fourth-order valence-corrected chi connectivity index (χ4v) is 5.76. The molecule has 1 aliphatic carbocycles. The molecule has 2 N–H and O–H groups in total. The first-order valence-electron chi connectivity index (χ1n) is 9.62. The van der Waals surface area contributed by atoms with Crippen molar-refractivity contribution in [3.8, 4) is 0 Å². The number of Topliss-reactive ketones (excluding diaryl/α,β-unsaturated/α-hetero) is 1. The highest BCUT2D eigenvalue weighted by atomic mass is 32.2. The van der Waals surface area contributed by atoms with Gasteiger partial charge < -0.3 is 10.1 Å². The van der Waals surface area contributed by atoms with Crippen molar-refractivity contribution in [2.24, 2.45) is 11.1 Å². The molecule has 4 rings (SSSR count). The number of benzene rings is 1. The topological polar surface area (TPSA) is 82.0 Å². The molecule has 0 bridgehead atoms. The monoisotopic (exact) mass is 387 g/mol. The van der Waals surface area contributed by atoms with Gasteiger partial charge in [-0.1, -0.05) is 29.4 Å². The van der Waals surface area contributed by atoms with E-state index in [9.17, 15) is 9.59 Å². The Balaban J connectivity index is 1.47. The number of oxime groups is 1. The van der Waals surface area contributed by atoms with Crippen LogP contribution in [0.25, 0.3) is 0 Å². The van der Waals surface area contributed by atoms with E-state index < -0.39 is 6.04 Å². The Kier molecular flexibility index (Phi) is 5.50. The molecule has 4 atom stereocenters. The third-order valence-electron chi connectivity index (χ3n) is 5.99. The minimum Gasteiger partial charge on any atom is -0.411 e. The molecule has 2 fully saturated rings. The van der Waals surface area contributed by atoms with Crippen molar-refractivity contribution >= 4 is 29.7 Å². The second kappa shape index (κ2) is 8.02. The molecule has 2 saturated heterocycles. The van der Waals surface area contributed by atoms with Crippen LogP contribution in [0.4, 0.5) is 0 Å². The number of hydrogen-bond donors (Lipinski definition) is 2. The Morgan fingerprint density at radius 3 is 2.89 bits per heavy atom. The average Bonchev–Trinajstić information content (AvgIpc) is 3.36. The van der Waals surface area contributed by atoms with Crippen LogP contribution in [0.2, 0.25) is 0 Å². The molecule has 144 valence electrons. The lowest BCUT2D eigenvalue weighted by Crippen LogP contribution is -2.52. The summed E-state index contributed by atoms with van der Waals surface area (Å²) >= 11 is 1.54. The number of fused-ring (bicyclic) bond motifs is 1. The van der Waals surface area contributed by atoms with Gasteiger partial charge in [0, 0.05) is 18.3 Å². The Bertz CT molecular complexity index is 754. The molecule has 0 aromatic heterocycles. The number of hydrogen-bond acceptors (Lipinski definition) is 6. The molecule has 0 radical (unpaired) electrons. The molecule has 1 aromatic rings. The first-order valence-corrected chi connectivity index (χ1v) is 10.7. The summed E-state index contributed by atoms with van der Waals surface area (Å²) in [6, 6.07) is 7.68. The predicted octanol–water partition coefficient (Wildman–Crippen LogP) is 1.84. The lowest BCUT2D eigenvalue weighted by atomic mass is 9.80. The fraction of sp³-hybridized carbons (Fsp3) is 0.550. The van der Waals surface area contributed by atoms with Crippen molar-refractivity contribution < 1.29 is 14.8 Å². The van der Waals surface area contributed by atoms with Crippen LogP contribution in [0.5, 0.6) is 0 Å². The summed E-state index contributed by atoms with van der Waals surface area (Å²) in [5.74, 6) is 0.755. The molecule has 2 heterocycles. The number of rotatable bonds is 4. The third-order valence-corrected chi connectivity index (χ3v) is 7.18. The lowest BCUT2D eigenvalue weighted by molar-refractivity contribution is -0.135. The van der Waals surface area contributed by atoms with Crippen molar-refractivity contribution in [3.05, 3.63) is 35.4 Å². The number of nitrogens with one attached hydrogen (secondary N) is 1. The van der Waals surface area contributed by atoms with Crippen molar-refractivity contribution in [1.29, 1.82) is 0 Å². The smallest absolute Gasteiger partial charge is 0.241 e. The van der Waals surface area contributed by atoms with Gasteiger partial charge in [0.1, 0.15) is 6.04 Å². The standard InChI is InChI=1S/C20H25N3O3S/c24-18(15-8-7-13-4-1-2-5-14(13)10-15)19-17(21-12-27-19)20(25)23-9-3-6-16(23)11-22-26/h1-2,4-5,11,15-17,19,21,26H,3,6-10,12H2/t15-,16-,17-,19?/m0/s1. The highest BCUT2D eigenvalue weighted by Gasteiger charge is 2.44. The van der Waals surface area contributed by atoms with E-state index in [4.69, 9.17) is 5.21 Å². The van der Waals surface area contributed by atoms with Crippen molar-refractivity contribution in [2.45, 2.75) is 49.4 Å². The molecule has 27 heavy (non-hydrogen) atoms. The van der Waals surface area contributed by atoms with Crippen LogP contribution in [-0.4, -0.2) is 57.8 Å². The van der Waals surface area contributed by atoms with Gasteiger partial charge in [-0.2, -0.15) is 0 Å². The van der Waals surface area contributed by atoms with E-state index >= 15 is 0 Å². The minimum absolute atomic E-state index is 0.0130. The molecule has 1 unspecified atom stereocenters. The van der Waals surface area contributed by atoms with E-state index in [1.807, 2.05) is 6.07 Å². The summed E-state index contributed by atoms with van der Waals surface area (Å²) in [6.45, 7) is 0.649. The predicted molar refractivity (Wildman–Crippen MR) is 105 cm³/mol. The molecule has 2 aliphatic heterocycles. The Morgan fingerprint density at radius 2 is 2.07 bits per heavy atom. The van der Waals surface area contributed by atoms with E-state index in [1.54, 1.807) is 16.7 Å². The maximum absolute atomic E-state index is 13.2. The maximum atomic E-state index is 13.2. The SMILES string of the molecule is O=C(C1SCN[C@@H]1C(=O)N1CCC[C@H]1C=NO)[C@H]1CCc2ccccc2C1. The van der Waals surface area contributed by atoms with Gasteiger partial charge in [-0.15, -0.1) is 11.8 Å². The Labute approximate surface area is 163 Å². The van der Waals surface area contributed by atoms with Gasteiger partial charge in [0.2, 0.25) is 5.91 Å². The quantitative estimate of drug-likeness (QED) is 0.468. The van der Waals surface area contributed by atoms with Crippen LogP contribution >= 0.6 is 11.8 Å². The lowest BCUT2D eigenvalue weighted by Gasteiger charge is -2.30. The van der Waals surface area contributed by atoms with E-state index in [0.29, 0.717) is 12.4 Å². The van der Waals surface area contributed by atoms with Crippen LogP contribution in [0.15, 0.2) is 29.4 Å². The number of aryl methyl sites for hydroxylation is 1. The largest absolute Gasteiger partial charge is 0.411 e. The van der Waals surface area contributed by atoms with Gasteiger partial charge in [0.05, 0.1) is 17.5 Å². The number of carbonyl (C=O) groups excluding carboxylic acids is 2. The molecule has 1 amide bonds. The number of nitrogens with zero attached hydrogens (tertiary/aromatic N) is 2. The van der Waals surface area contributed by atoms with Crippen LogP contribution in [0, 0.1) is 5.92 Å². The second-order valence-corrected chi connectivity index (χ2v) is 8.66. The highest BCUT2D eigenvalue weighted by Crippen LogP contribution is 2.33. The normalized spacial score (nSPS) is 30.6. The Hall–Kier alpha value is -1.86. The summed E-state index contributed by atoms with van der Waals surface area (Å²) in [7, 11) is 0. The zero-order valence-electron chi connectivity index (χ0n) is 15.2. The summed E-state index contributed by atoms with van der Waals surface area (Å²) in [5.41, 5.74) is 2.61. The van der Waals surface area contributed by atoms with Crippen molar-refractivity contribution in [2.75, 3.05) is 12.4 Å². The van der Waals surface area contributed by atoms with Gasteiger partial charge in [0.25, 0.3) is 0 Å². The summed E-state index contributed by atoms with van der Waals surface area (Å²) in [6.07, 6.45) is 5.67. The molecular weight excluding hydrogens is 362 g/mol. The number of ketones is 1. The van der Waals surface area contributed by atoms with Crippen LogP contribution in [-0.2, 0) is 22.4 Å². The molecular formula is C20H25N3O3S. The van der Waals surface area contributed by atoms with Crippen molar-refractivity contribution in [3.63, 3.8) is 0 Å². The van der Waals surface area contributed by atoms with Gasteiger partial charge in [-0.05, 0) is 43.2 Å². The van der Waals surface area contributed by atoms with Gasteiger partial charge in [-0.25, -0.2) is 0 Å². The molecule has 0 saturated carbocycles. The number of likely N-dealkylation sites (tertiary alicyclic amines) is 1. The molecule has 3 aliphatic rings. The highest BCUT2D eigenvalue weighted by molar-refractivity contribution is 8.00. The zero-order chi connectivity index (χ0) is 18.8. The van der Waals surface area contributed by atoms with Crippen LogP contribution in [0.1, 0.15) is 30.4 Å². The number of carbonyl (C=O) groups is 2. The Morgan fingerprint density at radius 1 is 1.26 bits per heavy atom. The van der Waals surface area contributed by atoms with E-state index in [1.165, 1.54) is 17.3 Å². The van der Waals surface area contributed by atoms with E-state index in [0.717, 1.165) is 32.1 Å². The van der Waals surface area contributed by atoms with Crippen molar-refractivity contribution in [1.82, 2.24) is 10.2 Å². The summed E-state index contributed by atoms with van der Waals surface area (Å²) in [5, 5.41) is 14.8. The van der Waals surface area contributed by atoms with Gasteiger partial charge in [0.15, 0.2) is 5.78 Å². The minimum atomic E-state index is -0.479. The first-order chi connectivity index (χ1) is 13.2. The molecule has 0 spiro atoms. The number of amides is 1. The van der Waals surface area contributed by atoms with E-state index in [2.05, 4.69) is 28.7 Å². The second-order valence-electron chi connectivity index (χ2n) is 7.53. The molecule has 7 heteroatoms. The molecule has 6 nitrogen and oxygen atoms in total. The van der Waals surface area contributed by atoms with Crippen LogP contribution in [0.3, 0.4) is 0 Å². The maximum Gasteiger partial charge on any atom is 0.241 e. The fourth-order valence-electron chi connectivity index (χ4n) is 4.54. The van der Waals surface area contributed by atoms with Gasteiger partial charge in [-0.3, -0.25) is 14.9 Å². The molecule has 1 aromatic carbocycles. The zero-order valence-corrected chi connectivity index (χ0v) is 16.0. The van der Waals surface area contributed by atoms with Gasteiger partial charge >= 0.3 is 0 Å². The summed E-state index contributed by atoms with van der Waals surface area (Å²) < 4.78 is 0. The summed E-state index contributed by atoms with van der Waals surface area (Å²) in [4.78, 5) is 28.1. The average molecular weight is 388 g/mol. The van der Waals surface area contributed by atoms with E-state index in [-0.39, 0.29) is 28.9 Å². The third kappa shape index (κ3) is 3.62. The van der Waals surface area contributed by atoms with Crippen LogP contribution < -0.4 is 5.32 Å². The first kappa shape index (κ1) is 18.5. The number of thioether (sulfide) groups is 1.